The van der Waals surface area contributed by atoms with Crippen molar-refractivity contribution in [3.63, 3.8) is 0 Å². The summed E-state index contributed by atoms with van der Waals surface area (Å²) >= 11 is 0. The molecule has 7 heteroatoms. The van der Waals surface area contributed by atoms with Crippen LogP contribution in [0.5, 0.6) is 0 Å². The van der Waals surface area contributed by atoms with Gasteiger partial charge in [-0.3, -0.25) is 19.8 Å². The fraction of sp³-hybridized carbons (Fsp3) is 0.611. The number of nitrogens with zero attached hydrogens (tertiary/aromatic N) is 2. The van der Waals surface area contributed by atoms with E-state index in [1.165, 1.54) is 12.1 Å². The molecule has 25 heavy (non-hydrogen) atoms. The Bertz CT molecular complexity index is 629. The smallest absolute Gasteiger partial charge is 0.282 e. The normalized spacial score (nSPS) is 25.5. The summed E-state index contributed by atoms with van der Waals surface area (Å²) in [5.41, 5.74) is -0.0552. The van der Waals surface area contributed by atoms with Crippen LogP contribution in [-0.4, -0.2) is 52.1 Å². The van der Waals surface area contributed by atoms with Gasteiger partial charge in [0.25, 0.3) is 11.6 Å². The topological polar surface area (TPSA) is 95.7 Å². The van der Waals surface area contributed by atoms with Crippen molar-refractivity contribution in [1.29, 1.82) is 0 Å². The monoisotopic (exact) mass is 347 g/mol. The molecule has 1 aliphatic heterocycles. The van der Waals surface area contributed by atoms with E-state index in [0.717, 1.165) is 51.6 Å². The number of aliphatic hydroxyl groups excluding tert-OH is 1. The third-order valence-electron chi connectivity index (χ3n) is 5.37. The van der Waals surface area contributed by atoms with Gasteiger partial charge in [-0.05, 0) is 31.7 Å². The number of nitro benzene ring substituents is 1. The Kier molecular flexibility index (Phi) is 5.65. The van der Waals surface area contributed by atoms with Crippen LogP contribution in [0.4, 0.5) is 5.69 Å². The number of aliphatic hydroxyl groups is 1. The highest BCUT2D eigenvalue weighted by molar-refractivity contribution is 5.98. The summed E-state index contributed by atoms with van der Waals surface area (Å²) in [6.07, 6.45) is 5.53. The van der Waals surface area contributed by atoms with E-state index in [-0.39, 0.29) is 35.3 Å². The van der Waals surface area contributed by atoms with Crippen molar-refractivity contribution in [3.8, 4) is 0 Å². The highest BCUT2D eigenvalue weighted by Crippen LogP contribution is 2.26. The van der Waals surface area contributed by atoms with Gasteiger partial charge in [-0.15, -0.1) is 0 Å². The van der Waals surface area contributed by atoms with Gasteiger partial charge in [0.05, 0.1) is 11.0 Å². The molecule has 0 spiro atoms. The molecular weight excluding hydrogens is 322 g/mol. The van der Waals surface area contributed by atoms with Gasteiger partial charge in [0.2, 0.25) is 0 Å². The molecule has 136 valence electrons. The summed E-state index contributed by atoms with van der Waals surface area (Å²) in [7, 11) is 0. The molecule has 1 saturated heterocycles. The lowest BCUT2D eigenvalue weighted by atomic mass is 9.89. The Morgan fingerprint density at radius 3 is 2.52 bits per heavy atom. The largest absolute Gasteiger partial charge is 0.391 e. The van der Waals surface area contributed by atoms with Crippen LogP contribution in [0.2, 0.25) is 0 Å². The predicted octanol–water partition coefficient (Wildman–Crippen LogP) is 2.09. The van der Waals surface area contributed by atoms with Crippen molar-refractivity contribution in [3.05, 3.63) is 39.9 Å². The molecule has 1 aliphatic carbocycles. The molecule has 2 unspecified atom stereocenters. The van der Waals surface area contributed by atoms with E-state index >= 15 is 0 Å². The van der Waals surface area contributed by atoms with Gasteiger partial charge in [0.1, 0.15) is 5.56 Å². The lowest BCUT2D eigenvalue weighted by Crippen LogP contribution is -2.52. The van der Waals surface area contributed by atoms with E-state index in [1.807, 2.05) is 0 Å². The number of hydrogen-bond donors (Lipinski definition) is 2. The lowest BCUT2D eigenvalue weighted by molar-refractivity contribution is -0.385. The van der Waals surface area contributed by atoms with Gasteiger partial charge < -0.3 is 10.4 Å². The molecule has 7 nitrogen and oxygen atoms in total. The lowest BCUT2D eigenvalue weighted by Gasteiger charge is -2.41. The molecule has 2 aliphatic rings. The number of benzene rings is 1. The minimum absolute atomic E-state index is 0.0179. The van der Waals surface area contributed by atoms with Crippen LogP contribution < -0.4 is 5.32 Å². The average molecular weight is 347 g/mol. The number of hydrogen-bond acceptors (Lipinski definition) is 5. The molecule has 1 heterocycles. The van der Waals surface area contributed by atoms with E-state index in [9.17, 15) is 20.0 Å². The maximum absolute atomic E-state index is 12.4. The van der Waals surface area contributed by atoms with Gasteiger partial charge in [-0.25, -0.2) is 0 Å². The van der Waals surface area contributed by atoms with Gasteiger partial charge in [0, 0.05) is 31.2 Å². The number of rotatable bonds is 4. The van der Waals surface area contributed by atoms with Crippen molar-refractivity contribution >= 4 is 11.6 Å². The predicted molar refractivity (Wildman–Crippen MR) is 93.4 cm³/mol. The van der Waals surface area contributed by atoms with Crippen molar-refractivity contribution in [1.82, 2.24) is 10.2 Å². The van der Waals surface area contributed by atoms with Gasteiger partial charge in [-0.2, -0.15) is 0 Å². The van der Waals surface area contributed by atoms with Crippen molar-refractivity contribution < 1.29 is 14.8 Å². The van der Waals surface area contributed by atoms with E-state index in [2.05, 4.69) is 10.2 Å². The zero-order valence-electron chi connectivity index (χ0n) is 14.3. The number of nitrogens with one attached hydrogen (secondary N) is 1. The molecule has 2 atom stereocenters. The molecule has 1 aromatic rings. The maximum Gasteiger partial charge on any atom is 0.282 e. The second kappa shape index (κ2) is 7.93. The Morgan fingerprint density at radius 1 is 1.16 bits per heavy atom. The first kappa shape index (κ1) is 17.8. The fourth-order valence-corrected chi connectivity index (χ4v) is 3.98. The first-order chi connectivity index (χ1) is 12.1. The minimum atomic E-state index is -0.526. The van der Waals surface area contributed by atoms with E-state index in [1.54, 1.807) is 12.1 Å². The summed E-state index contributed by atoms with van der Waals surface area (Å²) < 4.78 is 0. The average Bonchev–Trinajstić information content (AvgIpc) is 2.63. The van der Waals surface area contributed by atoms with Crippen LogP contribution in [0.3, 0.4) is 0 Å². The summed E-state index contributed by atoms with van der Waals surface area (Å²) in [6.45, 7) is 1.67. The van der Waals surface area contributed by atoms with Crippen molar-refractivity contribution in [2.75, 3.05) is 13.1 Å². The summed E-state index contributed by atoms with van der Waals surface area (Å²) in [5.74, 6) is -0.386. The molecule has 2 fully saturated rings. The fourth-order valence-electron chi connectivity index (χ4n) is 3.98. The quantitative estimate of drug-likeness (QED) is 0.642. The van der Waals surface area contributed by atoms with E-state index < -0.39 is 4.92 Å². The van der Waals surface area contributed by atoms with Crippen LogP contribution in [0.1, 0.15) is 48.9 Å². The maximum atomic E-state index is 12.4. The molecule has 0 radical (unpaired) electrons. The summed E-state index contributed by atoms with van der Waals surface area (Å²) in [6, 6.07) is 6.28. The van der Waals surface area contributed by atoms with Gasteiger partial charge in [-0.1, -0.05) is 25.0 Å². The van der Waals surface area contributed by atoms with Crippen LogP contribution >= 0.6 is 0 Å². The van der Waals surface area contributed by atoms with Crippen LogP contribution in [0.15, 0.2) is 24.3 Å². The number of nitro groups is 1. The zero-order chi connectivity index (χ0) is 17.8. The Hall–Kier alpha value is -1.99. The molecule has 2 N–H and O–H groups in total. The first-order valence-corrected chi connectivity index (χ1v) is 9.02. The highest BCUT2D eigenvalue weighted by atomic mass is 16.6. The van der Waals surface area contributed by atoms with Crippen LogP contribution in [0.25, 0.3) is 0 Å². The van der Waals surface area contributed by atoms with Gasteiger partial charge >= 0.3 is 0 Å². The molecule has 0 aromatic heterocycles. The summed E-state index contributed by atoms with van der Waals surface area (Å²) in [5, 5.41) is 24.2. The minimum Gasteiger partial charge on any atom is -0.391 e. The number of carbonyl (C=O) groups is 1. The van der Waals surface area contributed by atoms with E-state index in [0.29, 0.717) is 0 Å². The van der Waals surface area contributed by atoms with Crippen molar-refractivity contribution in [2.24, 2.45) is 0 Å². The first-order valence-electron chi connectivity index (χ1n) is 9.02. The second-order valence-corrected chi connectivity index (χ2v) is 6.98. The number of amides is 1. The summed E-state index contributed by atoms with van der Waals surface area (Å²) in [4.78, 5) is 25.3. The number of para-hydroxylation sites is 1. The third kappa shape index (κ3) is 4.16. The molecule has 1 aromatic carbocycles. The van der Waals surface area contributed by atoms with Gasteiger partial charge in [0.15, 0.2) is 0 Å². The molecule has 1 saturated carbocycles. The SMILES string of the molecule is O=C(NC1CCN(C2CCCCC2O)CC1)c1ccccc1[N+](=O)[O-]. The third-order valence-corrected chi connectivity index (χ3v) is 5.37. The molecule has 0 bridgehead atoms. The molecular formula is C18H25N3O4. The van der Waals surface area contributed by atoms with Crippen LogP contribution in [0, 0.1) is 10.1 Å². The number of piperidine rings is 1. The Morgan fingerprint density at radius 2 is 1.84 bits per heavy atom. The molecule has 1 amide bonds. The Labute approximate surface area is 147 Å². The number of carbonyl (C=O) groups excluding carboxylic acids is 1. The van der Waals surface area contributed by atoms with Crippen molar-refractivity contribution in [2.45, 2.75) is 56.7 Å². The number of likely N-dealkylation sites (tertiary alicyclic amines) is 1. The standard InChI is InChI=1S/C18H25N3O4/c22-17-8-4-3-7-16(17)20-11-9-13(10-12-20)19-18(23)14-5-1-2-6-15(14)21(24)25/h1-2,5-6,13,16-17,22H,3-4,7-12H2,(H,19,23). The second-order valence-electron chi connectivity index (χ2n) is 6.98. The highest BCUT2D eigenvalue weighted by Gasteiger charge is 2.32. The molecule has 3 rings (SSSR count). The Balaban J connectivity index is 1.55. The van der Waals surface area contributed by atoms with Crippen LogP contribution in [-0.2, 0) is 0 Å². The zero-order valence-corrected chi connectivity index (χ0v) is 14.3. The van der Waals surface area contributed by atoms with E-state index in [4.69, 9.17) is 0 Å².